The first-order valence-corrected chi connectivity index (χ1v) is 5.20. The fourth-order valence-electron chi connectivity index (χ4n) is 1.38. The van der Waals surface area contributed by atoms with Crippen LogP contribution in [0, 0.1) is 0 Å². The third kappa shape index (κ3) is 4.07. The normalized spacial score (nSPS) is 19.4. The Morgan fingerprint density at radius 1 is 1.54 bits per heavy atom. The molecular weight excluding hydrogens is 164 g/mol. The molecule has 1 aliphatic rings. The maximum atomic E-state index is 5.20. The highest BCUT2D eigenvalue weighted by atomic mass is 16.5. The van der Waals surface area contributed by atoms with Gasteiger partial charge in [0.15, 0.2) is 0 Å². The van der Waals surface area contributed by atoms with Gasteiger partial charge in [-0.2, -0.15) is 0 Å². The number of nitrogens with zero attached hydrogens (tertiary/aromatic N) is 1. The summed E-state index contributed by atoms with van der Waals surface area (Å²) in [6.45, 7) is 5.15. The molecule has 1 fully saturated rings. The Labute approximate surface area is 81.4 Å². The zero-order valence-electron chi connectivity index (χ0n) is 9.05. The van der Waals surface area contributed by atoms with Crippen molar-refractivity contribution in [3.63, 3.8) is 0 Å². The molecule has 13 heavy (non-hydrogen) atoms. The molecule has 78 valence electrons. The van der Waals surface area contributed by atoms with E-state index in [1.165, 1.54) is 12.8 Å². The Hall–Kier alpha value is -0.120. The summed E-state index contributed by atoms with van der Waals surface area (Å²) in [4.78, 5) is 2.33. The Balaban J connectivity index is 2.18. The van der Waals surface area contributed by atoms with Gasteiger partial charge in [0.1, 0.15) is 0 Å². The Kier molecular flexibility index (Phi) is 4.70. The summed E-state index contributed by atoms with van der Waals surface area (Å²) in [5.74, 6) is 0. The summed E-state index contributed by atoms with van der Waals surface area (Å²) in [7, 11) is 3.92. The second-order valence-electron chi connectivity index (χ2n) is 3.86. The van der Waals surface area contributed by atoms with Crippen molar-refractivity contribution >= 4 is 0 Å². The average Bonchev–Trinajstić information content (AvgIpc) is 2.94. The first-order valence-electron chi connectivity index (χ1n) is 5.20. The molecule has 0 heterocycles. The maximum Gasteiger partial charge on any atom is 0.0630 e. The van der Waals surface area contributed by atoms with Crippen molar-refractivity contribution in [1.29, 1.82) is 0 Å². The predicted molar refractivity (Wildman–Crippen MR) is 55.0 cm³/mol. The quantitative estimate of drug-likeness (QED) is 0.633. The lowest BCUT2D eigenvalue weighted by atomic mass is 10.2. The number of nitrogens with one attached hydrogen (secondary N) is 1. The molecule has 0 saturated heterocycles. The number of likely N-dealkylation sites (N-methyl/N-ethyl adjacent to an activating group) is 1. The van der Waals surface area contributed by atoms with Gasteiger partial charge in [0.2, 0.25) is 0 Å². The van der Waals surface area contributed by atoms with Crippen molar-refractivity contribution in [1.82, 2.24) is 10.2 Å². The Morgan fingerprint density at radius 2 is 2.23 bits per heavy atom. The molecule has 1 atom stereocenters. The molecule has 0 aromatic rings. The Morgan fingerprint density at radius 3 is 2.69 bits per heavy atom. The van der Waals surface area contributed by atoms with E-state index in [2.05, 4.69) is 24.2 Å². The van der Waals surface area contributed by atoms with Crippen molar-refractivity contribution in [3.05, 3.63) is 0 Å². The SMILES string of the molecule is CCN(C)C(CNC1CC1)COC. The highest BCUT2D eigenvalue weighted by Crippen LogP contribution is 2.18. The van der Waals surface area contributed by atoms with E-state index in [0.717, 1.165) is 25.7 Å². The van der Waals surface area contributed by atoms with Gasteiger partial charge in [-0.25, -0.2) is 0 Å². The van der Waals surface area contributed by atoms with E-state index in [4.69, 9.17) is 4.74 Å². The van der Waals surface area contributed by atoms with Gasteiger partial charge in [0.05, 0.1) is 6.61 Å². The first-order chi connectivity index (χ1) is 6.27. The van der Waals surface area contributed by atoms with Crippen molar-refractivity contribution in [3.8, 4) is 0 Å². The van der Waals surface area contributed by atoms with Gasteiger partial charge < -0.3 is 15.0 Å². The molecule has 3 heteroatoms. The lowest BCUT2D eigenvalue weighted by molar-refractivity contribution is 0.108. The third-order valence-electron chi connectivity index (χ3n) is 2.70. The molecule has 0 bridgehead atoms. The van der Waals surface area contributed by atoms with Crippen LogP contribution in [-0.4, -0.2) is 50.8 Å². The fraction of sp³-hybridized carbons (Fsp3) is 1.00. The van der Waals surface area contributed by atoms with Crippen LogP contribution in [-0.2, 0) is 4.74 Å². The Bertz CT molecular complexity index is 137. The number of rotatable bonds is 7. The second kappa shape index (κ2) is 5.58. The van der Waals surface area contributed by atoms with E-state index in [0.29, 0.717) is 6.04 Å². The minimum absolute atomic E-state index is 0.524. The molecule has 1 N–H and O–H groups in total. The fourth-order valence-corrected chi connectivity index (χ4v) is 1.38. The lowest BCUT2D eigenvalue weighted by Gasteiger charge is -2.26. The summed E-state index contributed by atoms with van der Waals surface area (Å²) in [6, 6.07) is 1.32. The number of methoxy groups -OCH3 is 1. The van der Waals surface area contributed by atoms with Gasteiger partial charge in [-0.3, -0.25) is 0 Å². The van der Waals surface area contributed by atoms with E-state index in [9.17, 15) is 0 Å². The van der Waals surface area contributed by atoms with Gasteiger partial charge in [-0.15, -0.1) is 0 Å². The van der Waals surface area contributed by atoms with Crippen LogP contribution in [0.1, 0.15) is 19.8 Å². The molecule has 1 rings (SSSR count). The minimum Gasteiger partial charge on any atom is -0.383 e. The van der Waals surface area contributed by atoms with E-state index in [1.54, 1.807) is 7.11 Å². The van der Waals surface area contributed by atoms with Crippen molar-refractivity contribution in [2.24, 2.45) is 0 Å². The molecule has 0 aliphatic heterocycles. The molecule has 1 unspecified atom stereocenters. The van der Waals surface area contributed by atoms with Crippen LogP contribution in [0.4, 0.5) is 0 Å². The molecule has 3 nitrogen and oxygen atoms in total. The van der Waals surface area contributed by atoms with Crippen molar-refractivity contribution in [2.45, 2.75) is 31.8 Å². The summed E-state index contributed by atoms with van der Waals surface area (Å²) in [5.41, 5.74) is 0. The zero-order valence-corrected chi connectivity index (χ0v) is 9.05. The van der Waals surface area contributed by atoms with Crippen molar-refractivity contribution < 1.29 is 4.74 Å². The van der Waals surface area contributed by atoms with Crippen molar-refractivity contribution in [2.75, 3.05) is 33.9 Å². The largest absolute Gasteiger partial charge is 0.383 e. The average molecular weight is 186 g/mol. The van der Waals surface area contributed by atoms with Crippen LogP contribution in [0.25, 0.3) is 0 Å². The number of hydrogen-bond donors (Lipinski definition) is 1. The number of hydrogen-bond acceptors (Lipinski definition) is 3. The smallest absolute Gasteiger partial charge is 0.0630 e. The maximum absolute atomic E-state index is 5.20. The van der Waals surface area contributed by atoms with Crippen LogP contribution in [0.15, 0.2) is 0 Å². The van der Waals surface area contributed by atoms with Crippen LogP contribution in [0.5, 0.6) is 0 Å². The van der Waals surface area contributed by atoms with Crippen LogP contribution < -0.4 is 5.32 Å². The lowest BCUT2D eigenvalue weighted by Crippen LogP contribution is -2.43. The van der Waals surface area contributed by atoms with E-state index < -0.39 is 0 Å². The summed E-state index contributed by atoms with van der Waals surface area (Å²) < 4.78 is 5.20. The molecule has 1 aliphatic carbocycles. The summed E-state index contributed by atoms with van der Waals surface area (Å²) in [6.07, 6.45) is 2.71. The second-order valence-corrected chi connectivity index (χ2v) is 3.86. The molecule has 1 saturated carbocycles. The highest BCUT2D eigenvalue weighted by molar-refractivity contribution is 4.83. The van der Waals surface area contributed by atoms with Crippen LogP contribution >= 0.6 is 0 Å². The van der Waals surface area contributed by atoms with Gasteiger partial charge >= 0.3 is 0 Å². The van der Waals surface area contributed by atoms with E-state index >= 15 is 0 Å². The molecule has 0 radical (unpaired) electrons. The summed E-state index contributed by atoms with van der Waals surface area (Å²) >= 11 is 0. The minimum atomic E-state index is 0.524. The molecule has 0 aromatic carbocycles. The number of ether oxygens (including phenoxy) is 1. The standard InChI is InChI=1S/C10H22N2O/c1-4-12(2)10(8-13-3)7-11-9-5-6-9/h9-11H,4-8H2,1-3H3. The van der Waals surface area contributed by atoms with E-state index in [-0.39, 0.29) is 0 Å². The third-order valence-corrected chi connectivity index (χ3v) is 2.70. The predicted octanol–water partition coefficient (Wildman–Crippen LogP) is 0.705. The van der Waals surface area contributed by atoms with E-state index in [1.807, 2.05) is 0 Å². The molecular formula is C10H22N2O. The molecule has 0 amide bonds. The molecule has 0 spiro atoms. The monoisotopic (exact) mass is 186 g/mol. The first kappa shape index (κ1) is 11.0. The highest BCUT2D eigenvalue weighted by Gasteiger charge is 2.22. The zero-order chi connectivity index (χ0) is 9.68. The van der Waals surface area contributed by atoms with Crippen LogP contribution in [0.2, 0.25) is 0 Å². The molecule has 0 aromatic heterocycles. The van der Waals surface area contributed by atoms with Crippen LogP contribution in [0.3, 0.4) is 0 Å². The van der Waals surface area contributed by atoms with Gasteiger partial charge in [-0.1, -0.05) is 6.92 Å². The van der Waals surface area contributed by atoms with Gasteiger partial charge in [-0.05, 0) is 26.4 Å². The summed E-state index contributed by atoms with van der Waals surface area (Å²) in [5, 5.41) is 3.54. The topological polar surface area (TPSA) is 24.5 Å². The van der Waals surface area contributed by atoms with Gasteiger partial charge in [0, 0.05) is 25.7 Å². The van der Waals surface area contributed by atoms with Gasteiger partial charge in [0.25, 0.3) is 0 Å².